The predicted molar refractivity (Wildman–Crippen MR) is 82.8 cm³/mol. The topological polar surface area (TPSA) is 67.0 Å². The Hall–Kier alpha value is -2.51. The van der Waals surface area contributed by atoms with Gasteiger partial charge in [-0.05, 0) is 24.0 Å². The van der Waals surface area contributed by atoms with E-state index in [1.165, 1.54) is 18.2 Å². The zero-order chi connectivity index (χ0) is 17.7. The molecule has 0 fully saturated rings. The average molecular weight is 341 g/mol. The summed E-state index contributed by atoms with van der Waals surface area (Å²) in [4.78, 5) is 11.9. The molecule has 1 aromatic heterocycles. The third-order valence-corrected chi connectivity index (χ3v) is 3.31. The van der Waals surface area contributed by atoms with Gasteiger partial charge in [-0.3, -0.25) is 9.89 Å². The van der Waals surface area contributed by atoms with Crippen molar-refractivity contribution in [3.05, 3.63) is 41.6 Å². The van der Waals surface area contributed by atoms with Gasteiger partial charge in [0, 0.05) is 18.2 Å². The first-order valence-electron chi connectivity index (χ1n) is 7.43. The second kappa shape index (κ2) is 7.37. The van der Waals surface area contributed by atoms with Gasteiger partial charge in [0.25, 0.3) is 0 Å². The minimum absolute atomic E-state index is 0.0160. The van der Waals surface area contributed by atoms with E-state index >= 15 is 0 Å². The van der Waals surface area contributed by atoms with Crippen LogP contribution in [0.1, 0.15) is 37.4 Å². The lowest BCUT2D eigenvalue weighted by molar-refractivity contribution is -0.274. The quantitative estimate of drug-likeness (QED) is 0.834. The smallest absolute Gasteiger partial charge is 0.406 e. The van der Waals surface area contributed by atoms with E-state index in [1.807, 2.05) is 13.8 Å². The minimum Gasteiger partial charge on any atom is -0.406 e. The highest BCUT2D eigenvalue weighted by molar-refractivity contribution is 5.89. The van der Waals surface area contributed by atoms with Crippen LogP contribution in [-0.2, 0) is 11.2 Å². The SMILES string of the molecule is CC(C)c1cc(NC(=O)CCc2ccccc2OC(F)(F)F)n[nH]1. The fourth-order valence-corrected chi connectivity index (χ4v) is 2.08. The molecule has 0 aliphatic carbocycles. The van der Waals surface area contributed by atoms with Crippen LogP contribution in [0.3, 0.4) is 0 Å². The summed E-state index contributed by atoms with van der Waals surface area (Å²) in [6.07, 6.45) is -4.62. The van der Waals surface area contributed by atoms with Gasteiger partial charge in [-0.25, -0.2) is 0 Å². The molecule has 1 amide bonds. The lowest BCUT2D eigenvalue weighted by atomic mass is 10.1. The summed E-state index contributed by atoms with van der Waals surface area (Å²) in [7, 11) is 0. The van der Waals surface area contributed by atoms with Crippen molar-refractivity contribution in [2.75, 3.05) is 5.32 Å². The molecule has 0 spiro atoms. The lowest BCUT2D eigenvalue weighted by Gasteiger charge is -2.12. The number of aryl methyl sites for hydroxylation is 1. The van der Waals surface area contributed by atoms with E-state index in [2.05, 4.69) is 20.3 Å². The molecule has 1 heterocycles. The number of hydrogen-bond donors (Lipinski definition) is 2. The Balaban J connectivity index is 1.94. The van der Waals surface area contributed by atoms with E-state index in [-0.39, 0.29) is 30.4 Å². The Bertz CT molecular complexity index is 696. The monoisotopic (exact) mass is 341 g/mol. The fraction of sp³-hybridized carbons (Fsp3) is 0.375. The maximum atomic E-state index is 12.4. The number of ether oxygens (including phenoxy) is 1. The molecule has 0 unspecified atom stereocenters. The first-order chi connectivity index (χ1) is 11.2. The molecule has 0 saturated heterocycles. The van der Waals surface area contributed by atoms with Crippen LogP contribution >= 0.6 is 0 Å². The minimum atomic E-state index is -4.76. The van der Waals surface area contributed by atoms with E-state index < -0.39 is 6.36 Å². The van der Waals surface area contributed by atoms with E-state index in [0.29, 0.717) is 11.4 Å². The maximum absolute atomic E-state index is 12.4. The van der Waals surface area contributed by atoms with Crippen molar-refractivity contribution >= 4 is 11.7 Å². The number of para-hydroxylation sites is 1. The van der Waals surface area contributed by atoms with Gasteiger partial charge in [0.1, 0.15) is 5.75 Å². The van der Waals surface area contributed by atoms with Crippen LogP contribution in [0.25, 0.3) is 0 Å². The zero-order valence-corrected chi connectivity index (χ0v) is 13.3. The second-order valence-electron chi connectivity index (χ2n) is 5.57. The summed E-state index contributed by atoms with van der Waals surface area (Å²) in [5.41, 5.74) is 1.20. The molecule has 0 radical (unpaired) electrons. The van der Waals surface area contributed by atoms with Crippen molar-refractivity contribution in [3.63, 3.8) is 0 Å². The maximum Gasteiger partial charge on any atom is 0.573 e. The van der Waals surface area contributed by atoms with Gasteiger partial charge in [0.15, 0.2) is 5.82 Å². The molecule has 24 heavy (non-hydrogen) atoms. The summed E-state index contributed by atoms with van der Waals surface area (Å²) in [5, 5.41) is 9.39. The Kier molecular flexibility index (Phi) is 5.48. The van der Waals surface area contributed by atoms with Gasteiger partial charge < -0.3 is 10.1 Å². The number of rotatable bonds is 6. The highest BCUT2D eigenvalue weighted by atomic mass is 19.4. The van der Waals surface area contributed by atoms with Crippen molar-refractivity contribution in [1.82, 2.24) is 10.2 Å². The zero-order valence-electron chi connectivity index (χ0n) is 13.3. The Morgan fingerprint density at radius 3 is 2.67 bits per heavy atom. The van der Waals surface area contributed by atoms with Crippen LogP contribution in [-0.4, -0.2) is 22.5 Å². The fourth-order valence-electron chi connectivity index (χ4n) is 2.08. The molecule has 2 N–H and O–H groups in total. The number of alkyl halides is 3. The summed E-state index contributed by atoms with van der Waals surface area (Å²) < 4.78 is 41.0. The Morgan fingerprint density at radius 2 is 2.04 bits per heavy atom. The summed E-state index contributed by atoms with van der Waals surface area (Å²) in [6.45, 7) is 3.97. The first kappa shape index (κ1) is 17.8. The van der Waals surface area contributed by atoms with E-state index in [9.17, 15) is 18.0 Å². The van der Waals surface area contributed by atoms with Gasteiger partial charge in [0.05, 0.1) is 0 Å². The molecule has 0 atom stereocenters. The highest BCUT2D eigenvalue weighted by Gasteiger charge is 2.31. The molecule has 5 nitrogen and oxygen atoms in total. The molecule has 1 aromatic carbocycles. The number of carbonyl (C=O) groups excluding carboxylic acids is 1. The molecular weight excluding hydrogens is 323 g/mol. The summed E-state index contributed by atoms with van der Waals surface area (Å²) >= 11 is 0. The molecule has 0 bridgehead atoms. The number of anilines is 1. The van der Waals surface area contributed by atoms with Crippen molar-refractivity contribution in [2.24, 2.45) is 0 Å². The Morgan fingerprint density at radius 1 is 1.33 bits per heavy atom. The number of carbonyl (C=O) groups is 1. The van der Waals surface area contributed by atoms with Crippen LogP contribution in [0.4, 0.5) is 19.0 Å². The molecule has 0 aliphatic rings. The number of H-pyrrole nitrogens is 1. The third kappa shape index (κ3) is 5.29. The average Bonchev–Trinajstić information content (AvgIpc) is 2.93. The number of nitrogens with one attached hydrogen (secondary N) is 2. The van der Waals surface area contributed by atoms with Gasteiger partial charge >= 0.3 is 6.36 Å². The molecule has 2 rings (SSSR count). The van der Waals surface area contributed by atoms with Crippen molar-refractivity contribution in [1.29, 1.82) is 0 Å². The number of aromatic nitrogens is 2. The number of benzene rings is 1. The molecule has 0 aliphatic heterocycles. The van der Waals surface area contributed by atoms with Crippen molar-refractivity contribution < 1.29 is 22.7 Å². The number of hydrogen-bond acceptors (Lipinski definition) is 3. The van der Waals surface area contributed by atoms with Crippen LogP contribution in [0.5, 0.6) is 5.75 Å². The first-order valence-corrected chi connectivity index (χ1v) is 7.43. The van der Waals surface area contributed by atoms with Crippen LogP contribution in [0.2, 0.25) is 0 Å². The van der Waals surface area contributed by atoms with E-state index in [4.69, 9.17) is 0 Å². The molecule has 2 aromatic rings. The van der Waals surface area contributed by atoms with Crippen LogP contribution < -0.4 is 10.1 Å². The van der Waals surface area contributed by atoms with Gasteiger partial charge in [-0.15, -0.1) is 13.2 Å². The number of halogens is 3. The summed E-state index contributed by atoms with van der Waals surface area (Å²) in [5.74, 6) is 0.0105. The highest BCUT2D eigenvalue weighted by Crippen LogP contribution is 2.27. The van der Waals surface area contributed by atoms with Gasteiger partial charge in [-0.1, -0.05) is 32.0 Å². The number of nitrogens with zero attached hydrogens (tertiary/aromatic N) is 1. The standard InChI is InChI=1S/C16H18F3N3O2/c1-10(2)12-9-14(22-21-12)20-15(23)8-7-11-5-3-4-6-13(11)24-16(17,18)19/h3-6,9-10H,7-8H2,1-2H3,(H2,20,21,22,23). The van der Waals surface area contributed by atoms with E-state index in [1.54, 1.807) is 12.1 Å². The van der Waals surface area contributed by atoms with Crippen molar-refractivity contribution in [2.45, 2.75) is 39.0 Å². The van der Waals surface area contributed by atoms with Crippen LogP contribution in [0.15, 0.2) is 30.3 Å². The normalized spacial score (nSPS) is 11.6. The molecular formula is C16H18F3N3O2. The predicted octanol–water partition coefficient (Wildman–Crippen LogP) is 4.00. The molecule has 8 heteroatoms. The summed E-state index contributed by atoms with van der Waals surface area (Å²) in [6, 6.07) is 7.49. The Labute approximate surface area is 137 Å². The van der Waals surface area contributed by atoms with Gasteiger partial charge in [-0.2, -0.15) is 5.10 Å². The number of amides is 1. The van der Waals surface area contributed by atoms with Crippen molar-refractivity contribution in [3.8, 4) is 5.75 Å². The van der Waals surface area contributed by atoms with Gasteiger partial charge in [0.2, 0.25) is 5.91 Å². The molecule has 130 valence electrons. The third-order valence-electron chi connectivity index (χ3n) is 3.31. The lowest BCUT2D eigenvalue weighted by Crippen LogP contribution is -2.18. The van der Waals surface area contributed by atoms with E-state index in [0.717, 1.165) is 5.69 Å². The second-order valence-corrected chi connectivity index (χ2v) is 5.57. The number of aromatic amines is 1. The largest absolute Gasteiger partial charge is 0.573 e. The van der Waals surface area contributed by atoms with Crippen LogP contribution in [0, 0.1) is 0 Å². The molecule has 0 saturated carbocycles.